The van der Waals surface area contributed by atoms with Gasteiger partial charge in [-0.05, 0) is 99.6 Å². The number of hydrogen-bond acceptors (Lipinski definition) is 1. The molecule has 0 radical (unpaired) electrons. The Hall–Kier alpha value is -7.06. The van der Waals surface area contributed by atoms with Crippen molar-refractivity contribution in [3.05, 3.63) is 200 Å². The van der Waals surface area contributed by atoms with Crippen molar-refractivity contribution in [1.29, 1.82) is 0 Å². The SMILES string of the molecule is c1ccc(-c2cccc(-c3ccccc3)c2[N+]23c4ccccc4[N+]24c2cccc5c2[N+]2(c6c(ccc7c8ccccc8n(c67)-c6cccc[n+]62)-c2cc6c(cc2-5)CCS6)C43)cc1. The van der Waals surface area contributed by atoms with Gasteiger partial charge in [-0.1, -0.05) is 103 Å². The largest absolute Gasteiger partial charge is 0.498 e. The van der Waals surface area contributed by atoms with Crippen LogP contribution in [0.2, 0.25) is 0 Å². The highest BCUT2D eigenvalue weighted by Crippen LogP contribution is 2.86. The van der Waals surface area contributed by atoms with E-state index in [1.54, 1.807) is 0 Å². The minimum Gasteiger partial charge on any atom is -0.181 e. The summed E-state index contributed by atoms with van der Waals surface area (Å²) < 4.78 is 7.19. The van der Waals surface area contributed by atoms with Crippen LogP contribution in [-0.2, 0) is 6.42 Å². The van der Waals surface area contributed by atoms with Gasteiger partial charge in [0, 0.05) is 70.6 Å². The first-order valence-electron chi connectivity index (χ1n) is 21.8. The van der Waals surface area contributed by atoms with E-state index < -0.39 is 0 Å². The number of benzene rings is 8. The third-order valence-electron chi connectivity index (χ3n) is 15.3. The number of aromatic nitrogens is 2. The lowest BCUT2D eigenvalue weighted by Gasteiger charge is -2.35. The van der Waals surface area contributed by atoms with Crippen LogP contribution < -0.4 is 18.5 Å². The quantitative estimate of drug-likeness (QED) is 0.0981. The van der Waals surface area contributed by atoms with Crippen LogP contribution in [0.4, 0.5) is 34.1 Å². The van der Waals surface area contributed by atoms with Crippen molar-refractivity contribution in [1.82, 2.24) is 18.3 Å². The molecule has 0 aliphatic carbocycles. The number of quaternary nitrogens is 3. The van der Waals surface area contributed by atoms with E-state index >= 15 is 0 Å². The summed E-state index contributed by atoms with van der Waals surface area (Å²) in [6.45, 7) is 0. The van der Waals surface area contributed by atoms with Gasteiger partial charge in [-0.25, -0.2) is 0 Å². The molecular formula is C56H37N5S+4. The average Bonchev–Trinajstić information content (AvgIpc) is 3.67. The lowest BCUT2D eigenvalue weighted by atomic mass is 9.91. The monoisotopic (exact) mass is 811 g/mol. The fraction of sp³-hybridized carbons (Fsp3) is 0.0536. The molecule has 4 unspecified atom stereocenters. The van der Waals surface area contributed by atoms with Crippen LogP contribution in [0.1, 0.15) is 5.56 Å². The van der Waals surface area contributed by atoms with Crippen LogP contribution in [-0.4, -0.2) is 16.6 Å². The molecule has 6 heteroatoms. The Balaban J connectivity index is 1.16. The number of thioether (sulfide) groups is 1. The maximum absolute atomic E-state index is 2.68. The van der Waals surface area contributed by atoms with Crippen molar-refractivity contribution in [3.8, 4) is 50.3 Å². The Morgan fingerprint density at radius 2 is 1.13 bits per heavy atom. The zero-order valence-electron chi connectivity index (χ0n) is 33.6. The zero-order valence-corrected chi connectivity index (χ0v) is 34.4. The minimum atomic E-state index is -0.0475. The summed E-state index contributed by atoms with van der Waals surface area (Å²) in [6, 6.07) is 72.0. The van der Waals surface area contributed by atoms with E-state index in [-0.39, 0.29) is 6.29 Å². The van der Waals surface area contributed by atoms with E-state index in [1.807, 2.05) is 11.8 Å². The predicted molar refractivity (Wildman–Crippen MR) is 254 cm³/mol. The van der Waals surface area contributed by atoms with Crippen LogP contribution in [0, 0.1) is 0 Å². The molecule has 8 heterocycles. The zero-order chi connectivity index (χ0) is 40.1. The Morgan fingerprint density at radius 1 is 0.484 bits per heavy atom. The van der Waals surface area contributed by atoms with E-state index in [9.17, 15) is 0 Å². The minimum absolute atomic E-state index is 0.0475. The van der Waals surface area contributed by atoms with Gasteiger partial charge in [0.25, 0.3) is 22.7 Å². The average molecular weight is 812 g/mol. The molecule has 288 valence electrons. The highest BCUT2D eigenvalue weighted by molar-refractivity contribution is 7.99. The lowest BCUT2D eigenvalue weighted by Crippen LogP contribution is -2.74. The van der Waals surface area contributed by atoms with Gasteiger partial charge in [0.1, 0.15) is 5.52 Å². The van der Waals surface area contributed by atoms with Gasteiger partial charge in [-0.2, -0.15) is 4.57 Å². The second kappa shape index (κ2) is 10.9. The fourth-order valence-corrected chi connectivity index (χ4v) is 14.4. The summed E-state index contributed by atoms with van der Waals surface area (Å²) >= 11 is 2.02. The number of rotatable bonds is 3. The van der Waals surface area contributed by atoms with Gasteiger partial charge in [0.15, 0.2) is 6.20 Å². The molecular weight excluding hydrogens is 775 g/mol. The summed E-state index contributed by atoms with van der Waals surface area (Å²) in [4.78, 5) is 1.43. The molecule has 0 N–H and O–H groups in total. The molecule has 8 aromatic carbocycles. The first-order valence-corrected chi connectivity index (χ1v) is 22.8. The molecule has 6 aliphatic heterocycles. The van der Waals surface area contributed by atoms with Crippen LogP contribution in [0.3, 0.4) is 0 Å². The number of hydrogen-bond donors (Lipinski definition) is 0. The van der Waals surface area contributed by atoms with Crippen molar-refractivity contribution >= 4 is 67.7 Å². The predicted octanol–water partition coefficient (Wildman–Crippen LogP) is 13.6. The van der Waals surface area contributed by atoms with Gasteiger partial charge < -0.3 is 0 Å². The lowest BCUT2D eigenvalue weighted by molar-refractivity contribution is -0.793. The Labute approximate surface area is 362 Å². The summed E-state index contributed by atoms with van der Waals surface area (Å²) in [5, 5.41) is 2.60. The fourth-order valence-electron chi connectivity index (χ4n) is 13.3. The molecule has 2 spiro atoms. The first kappa shape index (κ1) is 32.7. The van der Waals surface area contributed by atoms with Gasteiger partial charge >= 0.3 is 12.1 Å². The van der Waals surface area contributed by atoms with Crippen LogP contribution >= 0.6 is 11.8 Å². The topological polar surface area (TPSA) is 8.81 Å². The molecule has 0 saturated carbocycles. The summed E-state index contributed by atoms with van der Waals surface area (Å²) in [5.74, 6) is 2.32. The second-order valence-corrected chi connectivity index (χ2v) is 18.9. The standard InChI is InChI=1S/C56H37N5S/c1-3-15-35(16-4-1)38-20-13-21-39(36-17-5-2-6-18-36)53(38)61-48-25-10-9-24-47(48)60(61)49-26-14-22-42-44-33-37-30-32-62-50(37)34-45(44)43-29-28-41-40-19-7-8-23-46(40)58-51-27-11-12-31-57(51)59(54(42)49,56(60)61)55(43)52(41)58/h1-29,31,33-34,56H,30,32H2/q+4. The van der Waals surface area contributed by atoms with Gasteiger partial charge in [0.05, 0.1) is 11.1 Å². The molecule has 4 atom stereocenters. The molecule has 5 nitrogen and oxygen atoms in total. The van der Waals surface area contributed by atoms with Crippen LogP contribution in [0.5, 0.6) is 0 Å². The maximum Gasteiger partial charge on any atom is 0.498 e. The number of para-hydroxylation sites is 5. The molecule has 1 saturated heterocycles. The van der Waals surface area contributed by atoms with E-state index in [0.717, 1.165) is 12.2 Å². The summed E-state index contributed by atoms with van der Waals surface area (Å²) in [7, 11) is 0. The first-order chi connectivity index (χ1) is 30.8. The molecule has 0 bridgehead atoms. The maximum atomic E-state index is 2.68. The molecule has 2 aromatic heterocycles. The van der Waals surface area contributed by atoms with Crippen LogP contribution in [0.15, 0.2) is 199 Å². The molecule has 6 aliphatic rings. The summed E-state index contributed by atoms with van der Waals surface area (Å²) in [6.07, 6.45) is 3.45. The highest BCUT2D eigenvalue weighted by Gasteiger charge is 3.11. The van der Waals surface area contributed by atoms with Crippen molar-refractivity contribution in [2.24, 2.45) is 0 Å². The van der Waals surface area contributed by atoms with E-state index in [1.165, 1.54) is 117 Å². The van der Waals surface area contributed by atoms with E-state index in [4.69, 9.17) is 0 Å². The number of pyridine rings is 1. The van der Waals surface area contributed by atoms with Crippen molar-refractivity contribution in [3.63, 3.8) is 0 Å². The summed E-state index contributed by atoms with van der Waals surface area (Å²) in [5.41, 5.74) is 22.7. The molecule has 1 fully saturated rings. The van der Waals surface area contributed by atoms with Gasteiger partial charge in [0.2, 0.25) is 16.9 Å². The third kappa shape index (κ3) is 3.30. The smallest absolute Gasteiger partial charge is 0.181 e. The third-order valence-corrected chi connectivity index (χ3v) is 16.4. The van der Waals surface area contributed by atoms with Crippen molar-refractivity contribution in [2.75, 3.05) is 5.75 Å². The number of nitrogens with zero attached hydrogens (tertiary/aromatic N) is 5. The Kier molecular flexibility index (Phi) is 5.73. The number of aryl methyl sites for hydroxylation is 1. The van der Waals surface area contributed by atoms with Gasteiger partial charge in [-0.15, -0.1) is 11.8 Å². The highest BCUT2D eigenvalue weighted by atomic mass is 32.2. The second-order valence-electron chi connectivity index (χ2n) is 17.7. The van der Waals surface area contributed by atoms with E-state index in [0.29, 0.717) is 13.8 Å². The molecule has 16 rings (SSSR count). The number of fused-ring (bicyclic) bond motifs is 12. The Bertz CT molecular complexity index is 3650. The molecule has 0 amide bonds. The van der Waals surface area contributed by atoms with Crippen molar-refractivity contribution in [2.45, 2.75) is 17.6 Å². The Morgan fingerprint density at radius 3 is 1.94 bits per heavy atom. The van der Waals surface area contributed by atoms with E-state index in [2.05, 4.69) is 203 Å². The van der Waals surface area contributed by atoms with Crippen LogP contribution in [0.25, 0.3) is 72.1 Å². The normalized spacial score (nSPS) is 23.0. The molecule has 62 heavy (non-hydrogen) atoms. The van der Waals surface area contributed by atoms with Crippen molar-refractivity contribution < 1.29 is 4.68 Å². The molecule has 10 aromatic rings. The van der Waals surface area contributed by atoms with Gasteiger partial charge in [-0.3, -0.25) is 0 Å².